The maximum absolute atomic E-state index is 6.54. The molecule has 0 aliphatic carbocycles. The minimum atomic E-state index is 0.0491. The maximum atomic E-state index is 6.54. The van der Waals surface area contributed by atoms with Gasteiger partial charge >= 0.3 is 0 Å². The number of thioether (sulfide) groups is 1. The predicted molar refractivity (Wildman–Crippen MR) is 89.4 cm³/mol. The lowest BCUT2D eigenvalue weighted by atomic mass is 9.79. The summed E-state index contributed by atoms with van der Waals surface area (Å²) in [6, 6.07) is 5.94. The van der Waals surface area contributed by atoms with Gasteiger partial charge in [0.2, 0.25) is 0 Å². The Kier molecular flexibility index (Phi) is 4.68. The van der Waals surface area contributed by atoms with Crippen LogP contribution in [0.25, 0.3) is 0 Å². The average Bonchev–Trinajstić information content (AvgIpc) is 2.86. The molecule has 0 radical (unpaired) electrons. The van der Waals surface area contributed by atoms with E-state index in [2.05, 4.69) is 15.9 Å². The molecule has 2 nitrogen and oxygen atoms in total. The van der Waals surface area contributed by atoms with Crippen LogP contribution in [-0.4, -0.2) is 23.7 Å². The molecule has 2 aliphatic rings. The number of ether oxygens (including phenoxy) is 1. The van der Waals surface area contributed by atoms with Crippen molar-refractivity contribution in [1.29, 1.82) is 0 Å². The summed E-state index contributed by atoms with van der Waals surface area (Å²) >= 11 is 11.6. The van der Waals surface area contributed by atoms with E-state index in [0.29, 0.717) is 5.92 Å². The van der Waals surface area contributed by atoms with Crippen LogP contribution in [0.15, 0.2) is 22.7 Å². The predicted octanol–water partition coefficient (Wildman–Crippen LogP) is 4.40. The van der Waals surface area contributed by atoms with Crippen LogP contribution in [0, 0.1) is 5.92 Å². The van der Waals surface area contributed by atoms with Gasteiger partial charge in [-0.15, -0.1) is 0 Å². The molecule has 3 unspecified atom stereocenters. The highest BCUT2D eigenvalue weighted by Gasteiger charge is 2.42. The highest BCUT2D eigenvalue weighted by atomic mass is 79.9. The lowest BCUT2D eigenvalue weighted by Crippen LogP contribution is -2.42. The number of benzene rings is 1. The summed E-state index contributed by atoms with van der Waals surface area (Å²) in [5, 5.41) is 0.739. The molecule has 2 fully saturated rings. The average molecular weight is 377 g/mol. The van der Waals surface area contributed by atoms with Crippen molar-refractivity contribution in [3.8, 4) is 0 Å². The van der Waals surface area contributed by atoms with Crippen molar-refractivity contribution in [3.05, 3.63) is 33.3 Å². The maximum Gasteiger partial charge on any atom is 0.0783 e. The highest BCUT2D eigenvalue weighted by Crippen LogP contribution is 2.44. The van der Waals surface area contributed by atoms with Crippen LogP contribution in [0.2, 0.25) is 5.02 Å². The van der Waals surface area contributed by atoms with Gasteiger partial charge in [0, 0.05) is 27.9 Å². The van der Waals surface area contributed by atoms with Crippen LogP contribution < -0.4 is 5.73 Å². The molecule has 0 aromatic heterocycles. The molecule has 3 atom stereocenters. The fraction of sp³-hybridized carbons (Fsp3) is 0.600. The molecule has 0 amide bonds. The molecule has 2 aliphatic heterocycles. The first kappa shape index (κ1) is 15.2. The molecular weight excluding hydrogens is 358 g/mol. The van der Waals surface area contributed by atoms with Crippen molar-refractivity contribution in [2.24, 2.45) is 11.7 Å². The first-order chi connectivity index (χ1) is 9.60. The lowest BCUT2D eigenvalue weighted by Gasteiger charge is -2.40. The first-order valence-electron chi connectivity index (χ1n) is 7.02. The fourth-order valence-electron chi connectivity index (χ4n) is 3.26. The Balaban J connectivity index is 1.77. The van der Waals surface area contributed by atoms with Gasteiger partial charge < -0.3 is 10.5 Å². The van der Waals surface area contributed by atoms with E-state index < -0.39 is 0 Å². The fourth-order valence-corrected chi connectivity index (χ4v) is 5.59. The van der Waals surface area contributed by atoms with E-state index in [0.717, 1.165) is 40.3 Å². The van der Waals surface area contributed by atoms with Crippen LogP contribution in [0.4, 0.5) is 0 Å². The zero-order chi connectivity index (χ0) is 14.2. The van der Waals surface area contributed by atoms with Crippen LogP contribution in [-0.2, 0) is 4.74 Å². The Morgan fingerprint density at radius 3 is 3.05 bits per heavy atom. The summed E-state index contributed by atoms with van der Waals surface area (Å²) in [6.07, 6.45) is 3.29. The molecule has 1 aromatic carbocycles. The van der Waals surface area contributed by atoms with Crippen molar-refractivity contribution in [2.45, 2.75) is 30.9 Å². The monoisotopic (exact) mass is 375 g/mol. The van der Waals surface area contributed by atoms with Gasteiger partial charge in [-0.1, -0.05) is 33.6 Å². The topological polar surface area (TPSA) is 35.2 Å². The number of rotatable bonds is 2. The van der Waals surface area contributed by atoms with Crippen LogP contribution in [0.1, 0.15) is 30.9 Å². The molecular formula is C15H19BrClNOS. The third kappa shape index (κ3) is 3.05. The van der Waals surface area contributed by atoms with Crippen molar-refractivity contribution in [3.63, 3.8) is 0 Å². The van der Waals surface area contributed by atoms with E-state index in [4.69, 9.17) is 22.1 Å². The van der Waals surface area contributed by atoms with Gasteiger partial charge in [-0.2, -0.15) is 11.8 Å². The van der Waals surface area contributed by atoms with E-state index in [-0.39, 0.29) is 11.6 Å². The molecule has 0 bridgehead atoms. The largest absolute Gasteiger partial charge is 0.374 e. The Morgan fingerprint density at radius 1 is 1.50 bits per heavy atom. The number of nitrogens with two attached hydrogens (primary N) is 1. The Hall–Kier alpha value is 0.260. The van der Waals surface area contributed by atoms with E-state index in [1.807, 2.05) is 30.0 Å². The normalized spacial score (nSPS) is 31.6. The second kappa shape index (κ2) is 6.17. The van der Waals surface area contributed by atoms with E-state index in [1.54, 1.807) is 0 Å². The van der Waals surface area contributed by atoms with Gasteiger partial charge in [0.15, 0.2) is 0 Å². The van der Waals surface area contributed by atoms with Crippen LogP contribution in [0.3, 0.4) is 0 Å². The molecule has 1 aromatic rings. The zero-order valence-electron chi connectivity index (χ0n) is 11.3. The Bertz CT molecular complexity index is 493. The number of hydrogen-bond acceptors (Lipinski definition) is 3. The summed E-state index contributed by atoms with van der Waals surface area (Å²) < 4.78 is 7.10. The SMILES string of the molecule is NC(c1ccc(Cl)cc1Br)C1CCOC2(CCSC2)C1. The van der Waals surface area contributed by atoms with E-state index in [1.165, 1.54) is 12.2 Å². The van der Waals surface area contributed by atoms with Crippen LogP contribution >= 0.6 is 39.3 Å². The molecule has 1 spiro atoms. The summed E-state index contributed by atoms with van der Waals surface area (Å²) in [6.45, 7) is 0.837. The molecule has 0 saturated carbocycles. The van der Waals surface area contributed by atoms with Crippen molar-refractivity contribution in [1.82, 2.24) is 0 Å². The molecule has 2 N–H and O–H groups in total. The van der Waals surface area contributed by atoms with Crippen LogP contribution in [0.5, 0.6) is 0 Å². The van der Waals surface area contributed by atoms with Crippen molar-refractivity contribution in [2.75, 3.05) is 18.1 Å². The summed E-state index contributed by atoms with van der Waals surface area (Å²) in [5.41, 5.74) is 7.78. The Morgan fingerprint density at radius 2 is 2.35 bits per heavy atom. The van der Waals surface area contributed by atoms with Gasteiger partial charge in [-0.3, -0.25) is 0 Å². The minimum Gasteiger partial charge on any atom is -0.374 e. The van der Waals surface area contributed by atoms with E-state index in [9.17, 15) is 0 Å². The molecule has 2 saturated heterocycles. The van der Waals surface area contributed by atoms with Crippen molar-refractivity contribution < 1.29 is 4.74 Å². The molecule has 5 heteroatoms. The standard InChI is InChI=1S/C15H19BrClNOS/c16-13-7-11(17)1-2-12(13)14(18)10-3-5-19-15(8-10)4-6-20-9-15/h1-2,7,10,14H,3-6,8-9,18H2. The Labute approximate surface area is 137 Å². The van der Waals surface area contributed by atoms with E-state index >= 15 is 0 Å². The number of hydrogen-bond donors (Lipinski definition) is 1. The summed E-state index contributed by atoms with van der Waals surface area (Å²) in [7, 11) is 0. The molecule has 20 heavy (non-hydrogen) atoms. The second-order valence-corrected chi connectivity index (χ2v) is 8.17. The molecule has 2 heterocycles. The third-order valence-electron chi connectivity index (χ3n) is 4.43. The lowest BCUT2D eigenvalue weighted by molar-refractivity contribution is -0.0834. The zero-order valence-corrected chi connectivity index (χ0v) is 14.4. The molecule has 110 valence electrons. The minimum absolute atomic E-state index is 0.0491. The third-order valence-corrected chi connectivity index (χ3v) is 6.57. The molecule has 3 rings (SSSR count). The second-order valence-electron chi connectivity index (χ2n) is 5.78. The summed E-state index contributed by atoms with van der Waals surface area (Å²) in [5.74, 6) is 2.82. The smallest absolute Gasteiger partial charge is 0.0783 e. The quantitative estimate of drug-likeness (QED) is 0.830. The van der Waals surface area contributed by atoms with Gasteiger partial charge in [-0.05, 0) is 48.6 Å². The summed E-state index contributed by atoms with van der Waals surface area (Å²) in [4.78, 5) is 0. The van der Waals surface area contributed by atoms with Gasteiger partial charge in [0.25, 0.3) is 0 Å². The van der Waals surface area contributed by atoms with Gasteiger partial charge in [0.05, 0.1) is 5.60 Å². The number of halogens is 2. The highest BCUT2D eigenvalue weighted by molar-refractivity contribution is 9.10. The first-order valence-corrected chi connectivity index (χ1v) is 9.34. The van der Waals surface area contributed by atoms with Crippen molar-refractivity contribution >= 4 is 39.3 Å². The van der Waals surface area contributed by atoms with Gasteiger partial charge in [0.1, 0.15) is 0 Å². The van der Waals surface area contributed by atoms with Gasteiger partial charge in [-0.25, -0.2) is 0 Å².